The Balaban J connectivity index is 1.56. The molecule has 1 aromatic carbocycles. The van der Waals surface area contributed by atoms with Crippen LogP contribution in [0.3, 0.4) is 0 Å². The van der Waals surface area contributed by atoms with Crippen molar-refractivity contribution in [2.24, 2.45) is 0 Å². The van der Waals surface area contributed by atoms with Crippen molar-refractivity contribution in [1.82, 2.24) is 25.7 Å². The molecule has 0 aliphatic carbocycles. The zero-order valence-corrected chi connectivity index (χ0v) is 13.1. The number of aromatic amines is 1. The van der Waals surface area contributed by atoms with Gasteiger partial charge in [0.05, 0.1) is 0 Å². The van der Waals surface area contributed by atoms with Gasteiger partial charge in [0, 0.05) is 29.2 Å². The molecule has 0 saturated heterocycles. The molecule has 0 spiro atoms. The molecule has 8 heteroatoms. The number of rotatable bonds is 5. The van der Waals surface area contributed by atoms with Gasteiger partial charge in [0.1, 0.15) is 5.69 Å². The van der Waals surface area contributed by atoms with Crippen LogP contribution in [-0.2, 0) is 6.42 Å². The van der Waals surface area contributed by atoms with E-state index in [4.69, 9.17) is 16.1 Å². The van der Waals surface area contributed by atoms with E-state index in [1.807, 2.05) is 19.1 Å². The first kappa shape index (κ1) is 15.2. The van der Waals surface area contributed by atoms with Crippen LogP contribution in [0.1, 0.15) is 22.1 Å². The van der Waals surface area contributed by atoms with Gasteiger partial charge in [-0.25, -0.2) is 0 Å². The van der Waals surface area contributed by atoms with Crippen LogP contribution in [0, 0.1) is 6.92 Å². The van der Waals surface area contributed by atoms with Crippen molar-refractivity contribution >= 4 is 17.5 Å². The lowest BCUT2D eigenvalue weighted by Gasteiger charge is -1.99. The molecule has 0 fully saturated rings. The van der Waals surface area contributed by atoms with E-state index in [-0.39, 0.29) is 5.91 Å². The van der Waals surface area contributed by atoms with Crippen molar-refractivity contribution in [3.05, 3.63) is 52.6 Å². The largest absolute Gasteiger partial charge is 0.350 e. The fourth-order valence-corrected chi connectivity index (χ4v) is 2.20. The first-order valence-corrected chi connectivity index (χ1v) is 7.38. The average Bonchev–Trinajstić information content (AvgIpc) is 3.16. The molecule has 118 valence electrons. The molecule has 3 aromatic rings. The van der Waals surface area contributed by atoms with Crippen LogP contribution in [0.2, 0.25) is 5.02 Å². The lowest BCUT2D eigenvalue weighted by molar-refractivity contribution is 0.0948. The summed E-state index contributed by atoms with van der Waals surface area (Å²) in [6, 6.07) is 8.89. The summed E-state index contributed by atoms with van der Waals surface area (Å²) in [5.41, 5.74) is 1.97. The van der Waals surface area contributed by atoms with Gasteiger partial charge >= 0.3 is 0 Å². The molecule has 7 nitrogen and oxygen atoms in total. The lowest BCUT2D eigenvalue weighted by Crippen LogP contribution is -2.26. The predicted octanol–water partition coefficient (Wildman–Crippen LogP) is 2.39. The average molecular weight is 332 g/mol. The van der Waals surface area contributed by atoms with Gasteiger partial charge in [-0.1, -0.05) is 28.9 Å². The van der Waals surface area contributed by atoms with Crippen LogP contribution >= 0.6 is 11.6 Å². The number of aromatic nitrogens is 4. The number of carbonyl (C=O) groups is 1. The molecule has 2 heterocycles. The van der Waals surface area contributed by atoms with Crippen molar-refractivity contribution in [3.8, 4) is 11.4 Å². The number of carbonyl (C=O) groups excluding carboxylic acids is 1. The fraction of sp³-hybridized carbons (Fsp3) is 0.200. The Morgan fingerprint density at radius 2 is 2.26 bits per heavy atom. The van der Waals surface area contributed by atoms with Crippen molar-refractivity contribution < 1.29 is 9.32 Å². The van der Waals surface area contributed by atoms with E-state index in [1.54, 1.807) is 18.2 Å². The summed E-state index contributed by atoms with van der Waals surface area (Å²) in [6.07, 6.45) is 0.433. The maximum atomic E-state index is 11.8. The first-order chi connectivity index (χ1) is 11.1. The first-order valence-electron chi connectivity index (χ1n) is 7.00. The highest BCUT2D eigenvalue weighted by atomic mass is 35.5. The number of amides is 1. The Hall–Kier alpha value is -2.67. The van der Waals surface area contributed by atoms with Crippen molar-refractivity contribution in [1.29, 1.82) is 0 Å². The van der Waals surface area contributed by atoms with Gasteiger partial charge in [-0.05, 0) is 25.1 Å². The number of nitrogens with zero attached hydrogens (tertiary/aromatic N) is 3. The van der Waals surface area contributed by atoms with Crippen LogP contribution in [0.4, 0.5) is 0 Å². The highest BCUT2D eigenvalue weighted by Crippen LogP contribution is 2.19. The van der Waals surface area contributed by atoms with Gasteiger partial charge in [-0.15, -0.1) is 0 Å². The number of hydrogen-bond donors (Lipinski definition) is 2. The summed E-state index contributed by atoms with van der Waals surface area (Å²) < 4.78 is 5.17. The Kier molecular flexibility index (Phi) is 4.38. The topological polar surface area (TPSA) is 96.7 Å². The number of aryl methyl sites for hydroxylation is 1. The van der Waals surface area contributed by atoms with Crippen LogP contribution < -0.4 is 5.32 Å². The third-order valence-electron chi connectivity index (χ3n) is 3.11. The Labute approximate surface area is 137 Å². The minimum atomic E-state index is -0.246. The van der Waals surface area contributed by atoms with Crippen molar-refractivity contribution in [3.63, 3.8) is 0 Å². The SMILES string of the molecule is Cc1cc(C(=O)NCCc2nc(-c3cccc(Cl)c3)no2)n[nH]1. The summed E-state index contributed by atoms with van der Waals surface area (Å²) in [5.74, 6) is 0.666. The Morgan fingerprint density at radius 3 is 3.00 bits per heavy atom. The second-order valence-corrected chi connectivity index (χ2v) is 5.40. The van der Waals surface area contributed by atoms with Crippen molar-refractivity contribution in [2.75, 3.05) is 6.54 Å². The van der Waals surface area contributed by atoms with E-state index >= 15 is 0 Å². The molecule has 23 heavy (non-hydrogen) atoms. The van der Waals surface area contributed by atoms with Gasteiger partial charge in [-0.3, -0.25) is 9.89 Å². The molecule has 2 aromatic heterocycles. The maximum absolute atomic E-state index is 11.8. The van der Waals surface area contributed by atoms with E-state index in [9.17, 15) is 4.79 Å². The van der Waals surface area contributed by atoms with Crippen LogP contribution in [0.5, 0.6) is 0 Å². The van der Waals surface area contributed by atoms with E-state index in [1.165, 1.54) is 0 Å². The number of benzene rings is 1. The van der Waals surface area contributed by atoms with E-state index < -0.39 is 0 Å². The number of hydrogen-bond acceptors (Lipinski definition) is 5. The van der Waals surface area contributed by atoms with Gasteiger partial charge < -0.3 is 9.84 Å². The Bertz CT molecular complexity index is 827. The van der Waals surface area contributed by atoms with E-state index in [0.29, 0.717) is 35.4 Å². The van der Waals surface area contributed by atoms with Crippen LogP contribution in [-0.4, -0.2) is 32.8 Å². The third kappa shape index (κ3) is 3.75. The molecule has 0 aliphatic heterocycles. The molecule has 0 bridgehead atoms. The fourth-order valence-electron chi connectivity index (χ4n) is 2.01. The minimum absolute atomic E-state index is 0.246. The molecular formula is C15H14ClN5O2. The van der Waals surface area contributed by atoms with Gasteiger partial charge in [-0.2, -0.15) is 10.1 Å². The molecule has 0 atom stereocenters. The molecule has 3 rings (SSSR count). The molecule has 0 saturated carbocycles. The van der Waals surface area contributed by atoms with Gasteiger partial charge in [0.15, 0.2) is 0 Å². The number of H-pyrrole nitrogens is 1. The third-order valence-corrected chi connectivity index (χ3v) is 3.35. The summed E-state index contributed by atoms with van der Waals surface area (Å²) in [6.45, 7) is 2.21. The maximum Gasteiger partial charge on any atom is 0.271 e. The monoisotopic (exact) mass is 331 g/mol. The molecule has 0 aliphatic rings. The zero-order valence-electron chi connectivity index (χ0n) is 12.3. The van der Waals surface area contributed by atoms with Crippen LogP contribution in [0.15, 0.2) is 34.9 Å². The predicted molar refractivity (Wildman–Crippen MR) is 84.1 cm³/mol. The van der Waals surface area contributed by atoms with Crippen LogP contribution in [0.25, 0.3) is 11.4 Å². The van der Waals surface area contributed by atoms with Gasteiger partial charge in [0.25, 0.3) is 5.91 Å². The normalized spacial score (nSPS) is 10.7. The molecular weight excluding hydrogens is 318 g/mol. The number of nitrogens with one attached hydrogen (secondary N) is 2. The standard InChI is InChI=1S/C15H14ClN5O2/c1-9-7-12(20-19-9)15(22)17-6-5-13-18-14(21-23-13)10-3-2-4-11(16)8-10/h2-4,7-8H,5-6H2,1H3,(H,17,22)(H,19,20). The highest BCUT2D eigenvalue weighted by molar-refractivity contribution is 6.30. The van der Waals surface area contributed by atoms with Gasteiger partial charge in [0.2, 0.25) is 11.7 Å². The Morgan fingerprint density at radius 1 is 1.39 bits per heavy atom. The summed E-state index contributed by atoms with van der Waals surface area (Å²) in [5, 5.41) is 13.9. The highest BCUT2D eigenvalue weighted by Gasteiger charge is 2.11. The molecule has 1 amide bonds. The smallest absolute Gasteiger partial charge is 0.271 e. The molecule has 0 unspecified atom stereocenters. The van der Waals surface area contributed by atoms with Crippen molar-refractivity contribution in [2.45, 2.75) is 13.3 Å². The molecule has 0 radical (unpaired) electrons. The van der Waals surface area contributed by atoms with E-state index in [2.05, 4.69) is 25.7 Å². The lowest BCUT2D eigenvalue weighted by atomic mass is 10.2. The molecule has 2 N–H and O–H groups in total. The zero-order chi connectivity index (χ0) is 16.2. The van der Waals surface area contributed by atoms with E-state index in [0.717, 1.165) is 11.3 Å². The summed E-state index contributed by atoms with van der Waals surface area (Å²) in [4.78, 5) is 16.1. The quantitative estimate of drug-likeness (QED) is 0.748. The second-order valence-electron chi connectivity index (χ2n) is 4.96. The number of halogens is 1. The summed E-state index contributed by atoms with van der Waals surface area (Å²) in [7, 11) is 0. The minimum Gasteiger partial charge on any atom is -0.350 e. The second kappa shape index (κ2) is 6.62. The summed E-state index contributed by atoms with van der Waals surface area (Å²) >= 11 is 5.94.